The maximum atomic E-state index is 3.36. The molecule has 0 saturated heterocycles. The monoisotopic (exact) mass is 189 g/mol. The van der Waals surface area contributed by atoms with E-state index >= 15 is 0 Å². The van der Waals surface area contributed by atoms with Gasteiger partial charge in [0.1, 0.15) is 0 Å². The first-order valence-corrected chi connectivity index (χ1v) is 4.99. The summed E-state index contributed by atoms with van der Waals surface area (Å²) in [4.78, 5) is 0. The molecule has 76 valence electrons. The first-order valence-electron chi connectivity index (χ1n) is 4.99. The number of benzene rings is 1. The molecule has 14 heavy (non-hydrogen) atoms. The van der Waals surface area contributed by atoms with Crippen LogP contribution in [0.2, 0.25) is 0 Å². The van der Waals surface area contributed by atoms with E-state index in [1.807, 2.05) is 6.07 Å². The minimum atomic E-state index is 0.135. The molecular weight excluding hydrogens is 170 g/mol. The molecule has 0 aliphatic carbocycles. The van der Waals surface area contributed by atoms with Crippen molar-refractivity contribution in [3.8, 4) is 0 Å². The van der Waals surface area contributed by atoms with Crippen LogP contribution in [-0.2, 0) is 0 Å². The van der Waals surface area contributed by atoms with Crippen molar-refractivity contribution < 1.29 is 0 Å². The van der Waals surface area contributed by atoms with Crippen molar-refractivity contribution in [3.05, 3.63) is 42.1 Å². The molecule has 0 aliphatic heterocycles. The van der Waals surface area contributed by atoms with E-state index in [9.17, 15) is 0 Å². The van der Waals surface area contributed by atoms with E-state index in [0.29, 0.717) is 0 Å². The second kappa shape index (κ2) is 4.32. The Hall–Kier alpha value is -1.24. The summed E-state index contributed by atoms with van der Waals surface area (Å²) in [5, 5.41) is 3.36. The molecule has 0 spiro atoms. The maximum Gasteiger partial charge on any atom is 0.0284 e. The van der Waals surface area contributed by atoms with Crippen LogP contribution >= 0.6 is 0 Å². The van der Waals surface area contributed by atoms with E-state index in [-0.39, 0.29) is 5.54 Å². The van der Waals surface area contributed by atoms with Crippen LogP contribution in [0.25, 0.3) is 5.57 Å². The van der Waals surface area contributed by atoms with E-state index < -0.39 is 0 Å². The average molecular weight is 189 g/mol. The average Bonchev–Trinajstić information content (AvgIpc) is 2.14. The maximum absolute atomic E-state index is 3.36. The number of hydrogen-bond acceptors (Lipinski definition) is 1. The molecule has 0 atom stereocenters. The van der Waals surface area contributed by atoms with Gasteiger partial charge in [-0.05, 0) is 38.8 Å². The lowest BCUT2D eigenvalue weighted by Crippen LogP contribution is -2.31. The van der Waals surface area contributed by atoms with E-state index in [2.05, 4.69) is 63.5 Å². The van der Waals surface area contributed by atoms with E-state index in [1.54, 1.807) is 0 Å². The summed E-state index contributed by atoms with van der Waals surface area (Å²) >= 11 is 0. The van der Waals surface area contributed by atoms with Crippen molar-refractivity contribution in [2.45, 2.75) is 33.2 Å². The molecule has 0 unspecified atom stereocenters. The molecule has 0 aliphatic rings. The fraction of sp³-hybridized carbons (Fsp3) is 0.385. The van der Waals surface area contributed by atoms with Gasteiger partial charge in [-0.3, -0.25) is 0 Å². The van der Waals surface area contributed by atoms with Crippen molar-refractivity contribution >= 4 is 5.57 Å². The van der Waals surface area contributed by atoms with Crippen LogP contribution < -0.4 is 5.32 Å². The third-order valence-corrected chi connectivity index (χ3v) is 1.95. The minimum absolute atomic E-state index is 0.135. The SMILES string of the molecule is C/C(=C/NC(C)(C)C)c1ccccc1. The Bertz CT molecular complexity index is 304. The molecule has 1 heteroatoms. The van der Waals surface area contributed by atoms with Gasteiger partial charge in [-0.15, -0.1) is 0 Å². The molecule has 0 fully saturated rings. The van der Waals surface area contributed by atoms with Crippen molar-refractivity contribution in [1.29, 1.82) is 0 Å². The Morgan fingerprint density at radius 1 is 1.14 bits per heavy atom. The third kappa shape index (κ3) is 3.65. The van der Waals surface area contributed by atoms with Gasteiger partial charge < -0.3 is 5.32 Å². The Balaban J connectivity index is 2.71. The first kappa shape index (κ1) is 10.8. The zero-order chi connectivity index (χ0) is 10.6. The van der Waals surface area contributed by atoms with Gasteiger partial charge >= 0.3 is 0 Å². The van der Waals surface area contributed by atoms with Crippen molar-refractivity contribution in [2.24, 2.45) is 0 Å². The van der Waals surface area contributed by atoms with Gasteiger partial charge in [0.15, 0.2) is 0 Å². The minimum Gasteiger partial charge on any atom is -0.386 e. The van der Waals surface area contributed by atoms with Crippen LogP contribution in [0.15, 0.2) is 36.5 Å². The van der Waals surface area contributed by atoms with Crippen LogP contribution in [0.3, 0.4) is 0 Å². The summed E-state index contributed by atoms with van der Waals surface area (Å²) in [5.41, 5.74) is 2.67. The fourth-order valence-corrected chi connectivity index (χ4v) is 1.11. The quantitative estimate of drug-likeness (QED) is 0.751. The summed E-state index contributed by atoms with van der Waals surface area (Å²) in [7, 11) is 0. The predicted molar refractivity (Wildman–Crippen MR) is 63.0 cm³/mol. The van der Waals surface area contributed by atoms with Gasteiger partial charge in [-0.1, -0.05) is 30.3 Å². The topological polar surface area (TPSA) is 12.0 Å². The lowest BCUT2D eigenvalue weighted by atomic mass is 10.1. The molecule has 0 aromatic heterocycles. The second-order valence-corrected chi connectivity index (χ2v) is 4.59. The summed E-state index contributed by atoms with van der Waals surface area (Å²) in [6.45, 7) is 8.58. The summed E-state index contributed by atoms with van der Waals surface area (Å²) in [5.74, 6) is 0. The van der Waals surface area contributed by atoms with E-state index in [4.69, 9.17) is 0 Å². The van der Waals surface area contributed by atoms with Gasteiger partial charge in [0, 0.05) is 11.7 Å². The highest BCUT2D eigenvalue weighted by atomic mass is 14.9. The molecular formula is C13H19N. The molecule has 1 aromatic rings. The lowest BCUT2D eigenvalue weighted by Gasteiger charge is -2.19. The Kier molecular flexibility index (Phi) is 3.34. The number of rotatable bonds is 2. The van der Waals surface area contributed by atoms with Crippen molar-refractivity contribution in [2.75, 3.05) is 0 Å². The van der Waals surface area contributed by atoms with Gasteiger partial charge in [-0.2, -0.15) is 0 Å². The zero-order valence-corrected chi connectivity index (χ0v) is 9.46. The molecule has 0 heterocycles. The fourth-order valence-electron chi connectivity index (χ4n) is 1.11. The second-order valence-electron chi connectivity index (χ2n) is 4.59. The van der Waals surface area contributed by atoms with Crippen LogP contribution in [-0.4, -0.2) is 5.54 Å². The molecule has 0 amide bonds. The van der Waals surface area contributed by atoms with Crippen molar-refractivity contribution in [3.63, 3.8) is 0 Å². The zero-order valence-electron chi connectivity index (χ0n) is 9.46. The highest BCUT2D eigenvalue weighted by Crippen LogP contribution is 2.12. The standard InChI is InChI=1S/C13H19N/c1-11(10-14-13(2,3)4)12-8-6-5-7-9-12/h5-10,14H,1-4H3/b11-10-. The molecule has 1 nitrogen and oxygen atoms in total. The normalized spacial score (nSPS) is 12.7. The predicted octanol–water partition coefficient (Wildman–Crippen LogP) is 3.44. The summed E-state index contributed by atoms with van der Waals surface area (Å²) in [6, 6.07) is 10.4. The molecule has 1 N–H and O–H groups in total. The largest absolute Gasteiger partial charge is 0.386 e. The third-order valence-electron chi connectivity index (χ3n) is 1.95. The highest BCUT2D eigenvalue weighted by molar-refractivity contribution is 5.63. The molecule has 1 rings (SSSR count). The summed E-state index contributed by atoms with van der Waals surface area (Å²) < 4.78 is 0. The molecule has 0 saturated carbocycles. The Morgan fingerprint density at radius 2 is 1.71 bits per heavy atom. The highest BCUT2D eigenvalue weighted by Gasteiger charge is 2.05. The van der Waals surface area contributed by atoms with Crippen LogP contribution in [0.1, 0.15) is 33.3 Å². The lowest BCUT2D eigenvalue weighted by molar-refractivity contribution is 0.492. The molecule has 1 aromatic carbocycles. The van der Waals surface area contributed by atoms with Gasteiger partial charge in [0.2, 0.25) is 0 Å². The van der Waals surface area contributed by atoms with E-state index in [0.717, 1.165) is 0 Å². The van der Waals surface area contributed by atoms with Crippen LogP contribution in [0.5, 0.6) is 0 Å². The smallest absolute Gasteiger partial charge is 0.0284 e. The van der Waals surface area contributed by atoms with Gasteiger partial charge in [-0.25, -0.2) is 0 Å². The number of hydrogen-bond donors (Lipinski definition) is 1. The Morgan fingerprint density at radius 3 is 2.21 bits per heavy atom. The molecule has 0 bridgehead atoms. The van der Waals surface area contributed by atoms with Crippen molar-refractivity contribution in [1.82, 2.24) is 5.32 Å². The first-order chi connectivity index (χ1) is 6.49. The molecule has 0 radical (unpaired) electrons. The van der Waals surface area contributed by atoms with Gasteiger partial charge in [0.25, 0.3) is 0 Å². The number of nitrogens with one attached hydrogen (secondary N) is 1. The van der Waals surface area contributed by atoms with Crippen LogP contribution in [0, 0.1) is 0 Å². The van der Waals surface area contributed by atoms with E-state index in [1.165, 1.54) is 11.1 Å². The van der Waals surface area contributed by atoms with Crippen LogP contribution in [0.4, 0.5) is 0 Å². The Labute approximate surface area is 86.8 Å². The number of allylic oxidation sites excluding steroid dienone is 1. The summed E-state index contributed by atoms with van der Waals surface area (Å²) in [6.07, 6.45) is 2.08. The van der Waals surface area contributed by atoms with Gasteiger partial charge in [0.05, 0.1) is 0 Å².